The molecule has 0 amide bonds. The van der Waals surface area contributed by atoms with E-state index in [4.69, 9.17) is 5.73 Å². The van der Waals surface area contributed by atoms with Gasteiger partial charge >= 0.3 is 0 Å². The molecule has 0 atom stereocenters. The van der Waals surface area contributed by atoms with E-state index in [0.717, 1.165) is 9.35 Å². The maximum Gasteiger partial charge on any atom is 0.196 e. The highest BCUT2D eigenvalue weighted by Gasteiger charge is 2.05. The molecule has 14 heavy (non-hydrogen) atoms. The Hall–Kier alpha value is -1.21. The van der Waals surface area contributed by atoms with Crippen molar-refractivity contribution in [3.8, 4) is 0 Å². The molecule has 2 heterocycles. The van der Waals surface area contributed by atoms with Crippen LogP contribution in [0.2, 0.25) is 0 Å². The minimum absolute atomic E-state index is 0.462. The van der Waals surface area contributed by atoms with Gasteiger partial charge in [0.05, 0.1) is 0 Å². The van der Waals surface area contributed by atoms with Gasteiger partial charge < -0.3 is 5.73 Å². The smallest absolute Gasteiger partial charge is 0.196 e. The molecule has 0 aliphatic carbocycles. The van der Waals surface area contributed by atoms with Gasteiger partial charge in [-0.2, -0.15) is 0 Å². The molecule has 72 valence electrons. The molecule has 2 rings (SSSR count). The number of aromatic nitrogens is 4. The van der Waals surface area contributed by atoms with Crippen molar-refractivity contribution in [1.29, 1.82) is 0 Å². The highest BCUT2D eigenvalue weighted by atomic mass is 32.2. The van der Waals surface area contributed by atoms with E-state index in [9.17, 15) is 0 Å². The van der Waals surface area contributed by atoms with Crippen molar-refractivity contribution in [2.24, 2.45) is 0 Å². The van der Waals surface area contributed by atoms with Crippen LogP contribution < -0.4 is 5.73 Å². The lowest BCUT2D eigenvalue weighted by Gasteiger charge is -1.95. The Kier molecular flexibility index (Phi) is 2.60. The van der Waals surface area contributed by atoms with E-state index in [1.165, 1.54) is 23.1 Å². The number of hydrogen-bond acceptors (Lipinski definition) is 7. The first kappa shape index (κ1) is 9.35. The number of nitrogens with two attached hydrogens (primary N) is 1. The average molecular weight is 225 g/mol. The third-order valence-electron chi connectivity index (χ3n) is 1.34. The minimum atomic E-state index is 0.462. The fraction of sp³-hybridized carbons (Fsp3) is 0.143. The molecule has 0 fully saturated rings. The second-order valence-corrected chi connectivity index (χ2v) is 4.85. The van der Waals surface area contributed by atoms with Gasteiger partial charge in [0, 0.05) is 6.20 Å². The van der Waals surface area contributed by atoms with Crippen LogP contribution in [0, 0.1) is 6.92 Å². The number of rotatable bonds is 2. The van der Waals surface area contributed by atoms with Crippen LogP contribution in [0.25, 0.3) is 0 Å². The van der Waals surface area contributed by atoms with E-state index in [-0.39, 0.29) is 0 Å². The second-order valence-electron chi connectivity index (χ2n) is 2.45. The summed E-state index contributed by atoms with van der Waals surface area (Å²) in [7, 11) is 0. The largest absolute Gasteiger partial charge is 0.384 e. The molecule has 0 saturated carbocycles. The SMILES string of the molecule is Cc1nnc(Sc2nccc(N)n2)s1. The van der Waals surface area contributed by atoms with Crippen LogP contribution in [0.3, 0.4) is 0 Å². The molecule has 0 unspecified atom stereocenters. The van der Waals surface area contributed by atoms with Gasteiger partial charge in [0.2, 0.25) is 0 Å². The predicted molar refractivity (Wildman–Crippen MR) is 55.2 cm³/mol. The van der Waals surface area contributed by atoms with Gasteiger partial charge in [0.15, 0.2) is 9.50 Å². The summed E-state index contributed by atoms with van der Waals surface area (Å²) >= 11 is 2.87. The second kappa shape index (κ2) is 3.89. The van der Waals surface area contributed by atoms with Crippen molar-refractivity contribution >= 4 is 28.9 Å². The number of hydrogen-bond donors (Lipinski definition) is 1. The molecule has 2 aromatic heterocycles. The lowest BCUT2D eigenvalue weighted by Crippen LogP contribution is -1.92. The van der Waals surface area contributed by atoms with Crippen LogP contribution in [0.15, 0.2) is 21.8 Å². The Balaban J connectivity index is 2.18. The number of nitrogen functional groups attached to an aromatic ring is 1. The molecule has 0 spiro atoms. The van der Waals surface area contributed by atoms with E-state index in [0.29, 0.717) is 11.0 Å². The number of aryl methyl sites for hydroxylation is 1. The van der Waals surface area contributed by atoms with Crippen LogP contribution in [0.1, 0.15) is 5.01 Å². The molecule has 0 bridgehead atoms. The third-order valence-corrected chi connectivity index (χ3v) is 3.11. The number of nitrogens with zero attached hydrogens (tertiary/aromatic N) is 4. The first-order chi connectivity index (χ1) is 6.74. The van der Waals surface area contributed by atoms with Gasteiger partial charge in [0.25, 0.3) is 0 Å². The van der Waals surface area contributed by atoms with Gasteiger partial charge in [-0.1, -0.05) is 11.3 Å². The Morgan fingerprint density at radius 3 is 2.93 bits per heavy atom. The summed E-state index contributed by atoms with van der Waals surface area (Å²) in [4.78, 5) is 8.10. The Bertz CT molecular complexity index is 441. The lowest BCUT2D eigenvalue weighted by atomic mass is 10.6. The molecule has 0 radical (unpaired) electrons. The van der Waals surface area contributed by atoms with Crippen molar-refractivity contribution in [2.45, 2.75) is 16.4 Å². The summed E-state index contributed by atoms with van der Waals surface area (Å²) in [5.74, 6) is 0.462. The molecule has 5 nitrogen and oxygen atoms in total. The molecule has 2 aromatic rings. The van der Waals surface area contributed by atoms with Crippen LogP contribution in [-0.2, 0) is 0 Å². The Morgan fingerprint density at radius 1 is 1.43 bits per heavy atom. The normalized spacial score (nSPS) is 10.4. The summed E-state index contributed by atoms with van der Waals surface area (Å²) in [6.45, 7) is 1.90. The molecule has 0 aliphatic heterocycles. The zero-order valence-corrected chi connectivity index (χ0v) is 8.97. The van der Waals surface area contributed by atoms with Crippen LogP contribution in [0.4, 0.5) is 5.82 Å². The fourth-order valence-electron chi connectivity index (χ4n) is 0.801. The summed E-state index contributed by atoms with van der Waals surface area (Å²) in [5, 5.41) is 9.37. The first-order valence-corrected chi connectivity index (χ1v) is 5.44. The van der Waals surface area contributed by atoms with Crippen molar-refractivity contribution in [3.05, 3.63) is 17.3 Å². The van der Waals surface area contributed by atoms with E-state index in [2.05, 4.69) is 20.2 Å². The monoisotopic (exact) mass is 225 g/mol. The van der Waals surface area contributed by atoms with Crippen LogP contribution in [0.5, 0.6) is 0 Å². The van der Waals surface area contributed by atoms with E-state index in [1.54, 1.807) is 12.3 Å². The molecule has 0 saturated heterocycles. The molecule has 7 heteroatoms. The van der Waals surface area contributed by atoms with Crippen LogP contribution >= 0.6 is 23.1 Å². The zero-order valence-electron chi connectivity index (χ0n) is 7.34. The molecule has 0 aromatic carbocycles. The standard InChI is InChI=1S/C7H7N5S2/c1-4-11-12-7(13-4)14-6-9-3-2-5(8)10-6/h2-3H,1H3,(H2,8,9,10). The van der Waals surface area contributed by atoms with Gasteiger partial charge in [-0.25, -0.2) is 9.97 Å². The molecule has 0 aliphatic rings. The summed E-state index contributed by atoms with van der Waals surface area (Å²) in [5.41, 5.74) is 5.52. The topological polar surface area (TPSA) is 77.6 Å². The van der Waals surface area contributed by atoms with Crippen molar-refractivity contribution in [2.75, 3.05) is 5.73 Å². The first-order valence-electron chi connectivity index (χ1n) is 3.80. The van der Waals surface area contributed by atoms with Crippen molar-refractivity contribution in [1.82, 2.24) is 20.2 Å². The van der Waals surface area contributed by atoms with Crippen molar-refractivity contribution in [3.63, 3.8) is 0 Å². The summed E-state index contributed by atoms with van der Waals surface area (Å²) < 4.78 is 0.827. The predicted octanol–water partition coefficient (Wildman–Crippen LogP) is 1.37. The Labute approximate surface area is 88.8 Å². The Morgan fingerprint density at radius 2 is 2.29 bits per heavy atom. The van der Waals surface area contributed by atoms with E-state index < -0.39 is 0 Å². The molecule has 2 N–H and O–H groups in total. The third kappa shape index (κ3) is 2.18. The van der Waals surface area contributed by atoms with Gasteiger partial charge in [-0.15, -0.1) is 10.2 Å². The van der Waals surface area contributed by atoms with E-state index >= 15 is 0 Å². The van der Waals surface area contributed by atoms with E-state index in [1.807, 2.05) is 6.92 Å². The molecular weight excluding hydrogens is 218 g/mol. The van der Waals surface area contributed by atoms with Gasteiger partial charge in [0.1, 0.15) is 10.8 Å². The minimum Gasteiger partial charge on any atom is -0.384 e. The van der Waals surface area contributed by atoms with Gasteiger partial charge in [-0.3, -0.25) is 0 Å². The van der Waals surface area contributed by atoms with Crippen LogP contribution in [-0.4, -0.2) is 20.2 Å². The zero-order chi connectivity index (χ0) is 9.97. The van der Waals surface area contributed by atoms with Gasteiger partial charge in [-0.05, 0) is 24.8 Å². The van der Waals surface area contributed by atoms with Crippen molar-refractivity contribution < 1.29 is 0 Å². The highest BCUT2D eigenvalue weighted by Crippen LogP contribution is 2.27. The summed E-state index contributed by atoms with van der Waals surface area (Å²) in [6.07, 6.45) is 1.62. The summed E-state index contributed by atoms with van der Waals surface area (Å²) in [6, 6.07) is 1.65. The average Bonchev–Trinajstić information content (AvgIpc) is 2.51. The lowest BCUT2D eigenvalue weighted by molar-refractivity contribution is 0.953. The number of anilines is 1. The quantitative estimate of drug-likeness (QED) is 0.778. The molecular formula is C7H7N5S2. The fourth-order valence-corrected chi connectivity index (χ4v) is 2.47. The highest BCUT2D eigenvalue weighted by molar-refractivity contribution is 8.00. The maximum absolute atomic E-state index is 5.52. The maximum atomic E-state index is 5.52.